The normalized spacial score (nSPS) is 19.0. The monoisotopic (exact) mass is 280 g/mol. The van der Waals surface area contributed by atoms with Crippen LogP contribution in [0.1, 0.15) is 36.4 Å². The van der Waals surface area contributed by atoms with E-state index in [0.717, 1.165) is 23.2 Å². The summed E-state index contributed by atoms with van der Waals surface area (Å²) < 4.78 is 0. The van der Waals surface area contributed by atoms with E-state index in [1.807, 2.05) is 66.4 Å². The fourth-order valence-electron chi connectivity index (χ4n) is 2.94. The topological polar surface area (TPSA) is 46.3 Å². The molecule has 3 heteroatoms. The van der Waals surface area contributed by atoms with E-state index in [0.29, 0.717) is 6.54 Å². The third-order valence-electron chi connectivity index (χ3n) is 4.23. The van der Waals surface area contributed by atoms with E-state index in [1.54, 1.807) is 0 Å². The molecule has 3 rings (SSSR count). The Morgan fingerprint density at radius 3 is 2.57 bits per heavy atom. The number of hydrogen-bond acceptors (Lipinski definition) is 2. The number of benzene rings is 2. The summed E-state index contributed by atoms with van der Waals surface area (Å²) >= 11 is 0. The Balaban J connectivity index is 1.91. The van der Waals surface area contributed by atoms with Crippen LogP contribution in [0.4, 0.5) is 5.69 Å². The smallest absolute Gasteiger partial charge is 0.234 e. The summed E-state index contributed by atoms with van der Waals surface area (Å²) in [6, 6.07) is 17.9. The molecule has 0 aliphatic carbocycles. The summed E-state index contributed by atoms with van der Waals surface area (Å²) in [4.78, 5) is 14.7. The maximum atomic E-state index is 12.9. The van der Waals surface area contributed by atoms with Crippen molar-refractivity contribution >= 4 is 11.6 Å². The van der Waals surface area contributed by atoms with Crippen LogP contribution in [0.3, 0.4) is 0 Å². The van der Waals surface area contributed by atoms with Crippen LogP contribution in [-0.4, -0.2) is 12.5 Å². The van der Waals surface area contributed by atoms with E-state index in [2.05, 4.69) is 0 Å². The van der Waals surface area contributed by atoms with Crippen LogP contribution < -0.4 is 10.6 Å². The minimum atomic E-state index is -0.145. The Morgan fingerprint density at radius 1 is 1.14 bits per heavy atom. The third kappa shape index (κ3) is 2.57. The van der Waals surface area contributed by atoms with Crippen molar-refractivity contribution in [1.82, 2.24) is 0 Å². The lowest BCUT2D eigenvalue weighted by Gasteiger charge is -2.34. The van der Waals surface area contributed by atoms with Gasteiger partial charge >= 0.3 is 0 Å². The van der Waals surface area contributed by atoms with E-state index in [9.17, 15) is 4.79 Å². The van der Waals surface area contributed by atoms with Gasteiger partial charge in [-0.15, -0.1) is 0 Å². The highest BCUT2D eigenvalue weighted by Crippen LogP contribution is 2.34. The second-order valence-electron chi connectivity index (χ2n) is 5.58. The van der Waals surface area contributed by atoms with Crippen LogP contribution >= 0.6 is 0 Å². The van der Waals surface area contributed by atoms with Crippen molar-refractivity contribution < 1.29 is 4.79 Å². The van der Waals surface area contributed by atoms with Crippen molar-refractivity contribution in [2.75, 3.05) is 11.4 Å². The molecule has 2 aromatic carbocycles. The molecule has 2 N–H and O–H groups in total. The fourth-order valence-corrected chi connectivity index (χ4v) is 2.94. The van der Waals surface area contributed by atoms with Gasteiger partial charge in [-0.1, -0.05) is 48.5 Å². The molecule has 1 amide bonds. The number of carbonyl (C=O) groups excluding carboxylic acids is 1. The molecule has 0 radical (unpaired) electrons. The Morgan fingerprint density at radius 2 is 1.81 bits per heavy atom. The molecule has 0 aromatic heterocycles. The molecule has 2 aromatic rings. The molecule has 1 aliphatic heterocycles. The maximum Gasteiger partial charge on any atom is 0.234 e. The van der Waals surface area contributed by atoms with E-state index in [1.165, 1.54) is 0 Å². The van der Waals surface area contributed by atoms with E-state index >= 15 is 0 Å². The minimum absolute atomic E-state index is 0.0253. The molecule has 108 valence electrons. The zero-order valence-corrected chi connectivity index (χ0v) is 12.2. The van der Waals surface area contributed by atoms with Gasteiger partial charge in [0, 0.05) is 18.3 Å². The molecule has 0 fully saturated rings. The van der Waals surface area contributed by atoms with E-state index in [-0.39, 0.29) is 17.9 Å². The largest absolute Gasteiger partial charge is 0.324 e. The van der Waals surface area contributed by atoms with Crippen LogP contribution in [0.15, 0.2) is 54.6 Å². The molecule has 0 bridgehead atoms. The number of anilines is 1. The predicted molar refractivity (Wildman–Crippen MR) is 85.2 cm³/mol. The number of nitrogens with two attached hydrogens (primary N) is 1. The second kappa shape index (κ2) is 5.70. The average Bonchev–Trinajstić information content (AvgIpc) is 2.55. The highest BCUT2D eigenvalue weighted by Gasteiger charge is 2.29. The lowest BCUT2D eigenvalue weighted by Crippen LogP contribution is -2.40. The number of fused-ring (bicyclic) bond motifs is 1. The fraction of sp³-hybridized carbons (Fsp3) is 0.278. The highest BCUT2D eigenvalue weighted by molar-refractivity contribution is 5.98. The molecule has 0 saturated heterocycles. The summed E-state index contributed by atoms with van der Waals surface area (Å²) in [5.74, 6) is -0.00543. The SMILES string of the molecule is CC(C(=O)N1CCC(N)c2ccccc21)c1ccccc1. The quantitative estimate of drug-likeness (QED) is 0.918. The summed E-state index contributed by atoms with van der Waals surface area (Å²) in [5, 5.41) is 0. The van der Waals surface area contributed by atoms with Gasteiger partial charge in [0.05, 0.1) is 5.92 Å². The van der Waals surface area contributed by atoms with Crippen molar-refractivity contribution in [3.63, 3.8) is 0 Å². The van der Waals surface area contributed by atoms with Gasteiger partial charge in [-0.3, -0.25) is 4.79 Å². The molecule has 0 saturated carbocycles. The first-order chi connectivity index (χ1) is 10.2. The Labute approximate surface area is 125 Å². The number of hydrogen-bond donors (Lipinski definition) is 1. The summed E-state index contributed by atoms with van der Waals surface area (Å²) in [6.45, 7) is 2.66. The highest BCUT2D eigenvalue weighted by atomic mass is 16.2. The molecule has 2 unspecified atom stereocenters. The molecule has 2 atom stereocenters. The van der Waals surface area contributed by atoms with Crippen molar-refractivity contribution in [1.29, 1.82) is 0 Å². The molecular formula is C18H20N2O. The van der Waals surface area contributed by atoms with Gasteiger partial charge in [-0.2, -0.15) is 0 Å². The maximum absolute atomic E-state index is 12.9. The van der Waals surface area contributed by atoms with Crippen LogP contribution in [0, 0.1) is 0 Å². The summed E-state index contributed by atoms with van der Waals surface area (Å²) in [5.41, 5.74) is 9.24. The first-order valence-corrected chi connectivity index (χ1v) is 7.39. The molecule has 1 heterocycles. The lowest BCUT2D eigenvalue weighted by molar-refractivity contribution is -0.119. The predicted octanol–water partition coefficient (Wildman–Crippen LogP) is 3.23. The van der Waals surface area contributed by atoms with Crippen LogP contribution in [-0.2, 0) is 4.79 Å². The number of para-hydroxylation sites is 1. The zero-order chi connectivity index (χ0) is 14.8. The molecule has 0 spiro atoms. The second-order valence-corrected chi connectivity index (χ2v) is 5.58. The van der Waals surface area contributed by atoms with Crippen LogP contribution in [0.2, 0.25) is 0 Å². The molecule has 3 nitrogen and oxygen atoms in total. The van der Waals surface area contributed by atoms with Crippen molar-refractivity contribution in [2.45, 2.75) is 25.3 Å². The van der Waals surface area contributed by atoms with E-state index in [4.69, 9.17) is 5.73 Å². The first kappa shape index (κ1) is 13.8. The minimum Gasteiger partial charge on any atom is -0.324 e. The summed E-state index contributed by atoms with van der Waals surface area (Å²) in [7, 11) is 0. The van der Waals surface area contributed by atoms with Gasteiger partial charge in [-0.05, 0) is 30.5 Å². The van der Waals surface area contributed by atoms with Gasteiger partial charge < -0.3 is 10.6 Å². The number of amides is 1. The number of rotatable bonds is 2. The number of carbonyl (C=O) groups is 1. The Bertz CT molecular complexity index is 639. The van der Waals surface area contributed by atoms with E-state index < -0.39 is 0 Å². The van der Waals surface area contributed by atoms with Crippen molar-refractivity contribution in [3.8, 4) is 0 Å². The number of nitrogens with zero attached hydrogens (tertiary/aromatic N) is 1. The third-order valence-corrected chi connectivity index (χ3v) is 4.23. The Hall–Kier alpha value is -2.13. The van der Waals surface area contributed by atoms with Gasteiger partial charge in [0.1, 0.15) is 0 Å². The summed E-state index contributed by atoms with van der Waals surface area (Å²) in [6.07, 6.45) is 0.810. The first-order valence-electron chi connectivity index (χ1n) is 7.39. The van der Waals surface area contributed by atoms with Gasteiger partial charge in [-0.25, -0.2) is 0 Å². The van der Waals surface area contributed by atoms with Crippen molar-refractivity contribution in [3.05, 3.63) is 65.7 Å². The Kier molecular flexibility index (Phi) is 3.76. The van der Waals surface area contributed by atoms with Gasteiger partial charge in [0.25, 0.3) is 0 Å². The average molecular weight is 280 g/mol. The van der Waals surface area contributed by atoms with Crippen LogP contribution in [0.25, 0.3) is 0 Å². The standard InChI is InChI=1S/C18H20N2O/c1-13(14-7-3-2-4-8-14)18(21)20-12-11-16(19)15-9-5-6-10-17(15)20/h2-10,13,16H,11-12,19H2,1H3. The molecular weight excluding hydrogens is 260 g/mol. The zero-order valence-electron chi connectivity index (χ0n) is 12.2. The van der Waals surface area contributed by atoms with Crippen LogP contribution in [0.5, 0.6) is 0 Å². The van der Waals surface area contributed by atoms with Gasteiger partial charge in [0.2, 0.25) is 5.91 Å². The van der Waals surface area contributed by atoms with Gasteiger partial charge in [0.15, 0.2) is 0 Å². The molecule has 1 aliphatic rings. The lowest BCUT2D eigenvalue weighted by atomic mass is 9.94. The molecule has 21 heavy (non-hydrogen) atoms. The van der Waals surface area contributed by atoms with Crippen molar-refractivity contribution in [2.24, 2.45) is 5.73 Å².